The van der Waals surface area contributed by atoms with Gasteiger partial charge in [-0.3, -0.25) is 9.59 Å². The monoisotopic (exact) mass is 383 g/mol. The van der Waals surface area contributed by atoms with Crippen molar-refractivity contribution in [1.82, 2.24) is 4.90 Å². The Labute approximate surface area is 163 Å². The second-order valence-electron chi connectivity index (χ2n) is 7.16. The molecule has 1 aliphatic rings. The Balaban J connectivity index is 1.70. The van der Waals surface area contributed by atoms with Crippen LogP contribution in [0.5, 0.6) is 5.75 Å². The first-order valence-corrected chi connectivity index (χ1v) is 9.28. The number of ketones is 1. The number of halogens is 1. The van der Waals surface area contributed by atoms with Gasteiger partial charge in [0.05, 0.1) is 0 Å². The number of carbonyl (C=O) groups is 3. The average molecular weight is 383 g/mol. The number of esters is 1. The van der Waals surface area contributed by atoms with Crippen LogP contribution in [0, 0.1) is 11.7 Å². The van der Waals surface area contributed by atoms with Gasteiger partial charge >= 0.3 is 5.97 Å². The standard InChI is InChI=1S/C22H22FNO4/c1-14(2)20(24-13-3-4-19(24)25)22(27)28-18-11-7-16(8-12-18)21(26)15-5-9-17(23)10-6-15/h5-12,14,20H,3-4,13H2,1-2H3. The Morgan fingerprint density at radius 2 is 1.57 bits per heavy atom. The van der Waals surface area contributed by atoms with Gasteiger partial charge in [0.1, 0.15) is 17.6 Å². The molecule has 2 aromatic rings. The summed E-state index contributed by atoms with van der Waals surface area (Å²) in [4.78, 5) is 38.7. The van der Waals surface area contributed by atoms with Gasteiger partial charge in [0.15, 0.2) is 5.78 Å². The number of benzene rings is 2. The van der Waals surface area contributed by atoms with Crippen molar-refractivity contribution in [2.24, 2.45) is 5.92 Å². The van der Waals surface area contributed by atoms with Crippen LogP contribution in [-0.2, 0) is 9.59 Å². The van der Waals surface area contributed by atoms with E-state index in [0.717, 1.165) is 6.42 Å². The van der Waals surface area contributed by atoms with Crippen LogP contribution in [0.1, 0.15) is 42.6 Å². The summed E-state index contributed by atoms with van der Waals surface area (Å²) in [7, 11) is 0. The van der Waals surface area contributed by atoms with E-state index < -0.39 is 17.8 Å². The van der Waals surface area contributed by atoms with Crippen LogP contribution in [0.15, 0.2) is 48.5 Å². The summed E-state index contributed by atoms with van der Waals surface area (Å²) in [5, 5.41) is 0. The van der Waals surface area contributed by atoms with E-state index in [2.05, 4.69) is 0 Å². The van der Waals surface area contributed by atoms with Crippen LogP contribution in [0.3, 0.4) is 0 Å². The van der Waals surface area contributed by atoms with Gasteiger partial charge in [-0.15, -0.1) is 0 Å². The fourth-order valence-electron chi connectivity index (χ4n) is 3.34. The van der Waals surface area contributed by atoms with Gasteiger partial charge in [-0.2, -0.15) is 0 Å². The number of likely N-dealkylation sites (tertiary alicyclic amines) is 1. The molecule has 5 nitrogen and oxygen atoms in total. The number of ether oxygens (including phenoxy) is 1. The molecule has 146 valence electrons. The maximum atomic E-state index is 13.0. The first-order chi connectivity index (χ1) is 13.4. The van der Waals surface area contributed by atoms with Crippen LogP contribution in [0.25, 0.3) is 0 Å². The summed E-state index contributed by atoms with van der Waals surface area (Å²) in [5.74, 6) is -0.943. The number of rotatable bonds is 6. The normalized spacial score (nSPS) is 15.0. The quantitative estimate of drug-likeness (QED) is 0.434. The molecule has 1 amide bonds. The molecular formula is C22H22FNO4. The average Bonchev–Trinajstić information content (AvgIpc) is 3.08. The minimum Gasteiger partial charge on any atom is -0.425 e. The van der Waals surface area contributed by atoms with Gasteiger partial charge in [0, 0.05) is 24.1 Å². The van der Waals surface area contributed by atoms with Crippen molar-refractivity contribution < 1.29 is 23.5 Å². The molecule has 1 saturated heterocycles. The number of nitrogens with zero attached hydrogens (tertiary/aromatic N) is 1. The van der Waals surface area contributed by atoms with Gasteiger partial charge in [0.2, 0.25) is 5.91 Å². The van der Waals surface area contributed by atoms with E-state index in [-0.39, 0.29) is 17.6 Å². The minimum atomic E-state index is -0.629. The highest BCUT2D eigenvalue weighted by atomic mass is 19.1. The van der Waals surface area contributed by atoms with Crippen molar-refractivity contribution in [2.75, 3.05) is 6.54 Å². The lowest BCUT2D eigenvalue weighted by atomic mass is 10.0. The third-order valence-electron chi connectivity index (χ3n) is 4.76. The molecule has 0 bridgehead atoms. The van der Waals surface area contributed by atoms with E-state index in [1.807, 2.05) is 13.8 Å². The van der Waals surface area contributed by atoms with Crippen molar-refractivity contribution in [3.05, 3.63) is 65.5 Å². The van der Waals surface area contributed by atoms with Crippen LogP contribution >= 0.6 is 0 Å². The molecule has 0 aromatic heterocycles. The molecule has 0 spiro atoms. The van der Waals surface area contributed by atoms with Crippen molar-refractivity contribution in [1.29, 1.82) is 0 Å². The molecule has 2 aromatic carbocycles. The van der Waals surface area contributed by atoms with E-state index in [1.165, 1.54) is 36.4 Å². The van der Waals surface area contributed by atoms with Crippen LogP contribution in [0.2, 0.25) is 0 Å². The van der Waals surface area contributed by atoms with E-state index in [4.69, 9.17) is 4.74 Å². The zero-order valence-corrected chi connectivity index (χ0v) is 15.9. The smallest absolute Gasteiger partial charge is 0.334 e. The molecule has 0 saturated carbocycles. The predicted molar refractivity (Wildman–Crippen MR) is 101 cm³/mol. The molecule has 6 heteroatoms. The molecule has 1 heterocycles. The predicted octanol–water partition coefficient (Wildman–Crippen LogP) is 3.61. The third kappa shape index (κ3) is 4.27. The lowest BCUT2D eigenvalue weighted by molar-refractivity contribution is -0.148. The summed E-state index contributed by atoms with van der Waals surface area (Å²) >= 11 is 0. The zero-order chi connectivity index (χ0) is 20.3. The van der Waals surface area contributed by atoms with E-state index in [1.54, 1.807) is 17.0 Å². The Hall–Kier alpha value is -3.02. The summed E-state index contributed by atoms with van der Waals surface area (Å²) in [6, 6.07) is 10.9. The number of carbonyl (C=O) groups excluding carboxylic acids is 3. The highest BCUT2D eigenvalue weighted by Crippen LogP contribution is 2.22. The largest absolute Gasteiger partial charge is 0.425 e. The molecule has 28 heavy (non-hydrogen) atoms. The SMILES string of the molecule is CC(C)C(C(=O)Oc1ccc(C(=O)c2ccc(F)cc2)cc1)N1CCCC1=O. The van der Waals surface area contributed by atoms with E-state index >= 15 is 0 Å². The summed E-state index contributed by atoms with van der Waals surface area (Å²) < 4.78 is 18.5. The lowest BCUT2D eigenvalue weighted by Gasteiger charge is -2.28. The van der Waals surface area contributed by atoms with Crippen molar-refractivity contribution in [2.45, 2.75) is 32.7 Å². The lowest BCUT2D eigenvalue weighted by Crippen LogP contribution is -2.47. The minimum absolute atomic E-state index is 0.0316. The number of hydrogen-bond acceptors (Lipinski definition) is 4. The molecule has 3 rings (SSSR count). The molecule has 1 atom stereocenters. The van der Waals surface area contributed by atoms with Crippen molar-refractivity contribution in [3.63, 3.8) is 0 Å². The Bertz CT molecular complexity index is 874. The highest BCUT2D eigenvalue weighted by molar-refractivity contribution is 6.09. The molecular weight excluding hydrogens is 361 g/mol. The second kappa shape index (κ2) is 8.33. The molecule has 1 aliphatic heterocycles. The van der Waals surface area contributed by atoms with E-state index in [0.29, 0.717) is 29.8 Å². The van der Waals surface area contributed by atoms with Gasteiger partial charge in [0.25, 0.3) is 0 Å². The maximum Gasteiger partial charge on any atom is 0.334 e. The second-order valence-corrected chi connectivity index (χ2v) is 7.16. The zero-order valence-electron chi connectivity index (χ0n) is 15.9. The Kier molecular flexibility index (Phi) is 5.87. The molecule has 0 N–H and O–H groups in total. The first kappa shape index (κ1) is 19.7. The highest BCUT2D eigenvalue weighted by Gasteiger charge is 2.36. The van der Waals surface area contributed by atoms with Crippen molar-refractivity contribution >= 4 is 17.7 Å². The van der Waals surface area contributed by atoms with Gasteiger partial charge in [-0.1, -0.05) is 13.8 Å². The molecule has 1 fully saturated rings. The fourth-order valence-corrected chi connectivity index (χ4v) is 3.34. The summed E-state index contributed by atoms with van der Waals surface area (Å²) in [6.45, 7) is 4.31. The van der Waals surface area contributed by atoms with Gasteiger partial charge in [-0.25, -0.2) is 9.18 Å². The third-order valence-corrected chi connectivity index (χ3v) is 4.76. The first-order valence-electron chi connectivity index (χ1n) is 9.28. The van der Waals surface area contributed by atoms with Gasteiger partial charge in [-0.05, 0) is 60.9 Å². The maximum absolute atomic E-state index is 13.0. The Morgan fingerprint density at radius 1 is 1.00 bits per heavy atom. The Morgan fingerprint density at radius 3 is 2.07 bits per heavy atom. The van der Waals surface area contributed by atoms with Crippen LogP contribution in [-0.4, -0.2) is 35.1 Å². The molecule has 0 radical (unpaired) electrons. The molecule has 0 aliphatic carbocycles. The number of amides is 1. The van der Waals surface area contributed by atoms with Crippen molar-refractivity contribution in [3.8, 4) is 5.75 Å². The molecule has 1 unspecified atom stereocenters. The summed E-state index contributed by atoms with van der Waals surface area (Å²) in [6.07, 6.45) is 1.20. The topological polar surface area (TPSA) is 63.7 Å². The summed E-state index contributed by atoms with van der Waals surface area (Å²) in [5.41, 5.74) is 0.778. The number of hydrogen-bond donors (Lipinski definition) is 0. The van der Waals surface area contributed by atoms with E-state index in [9.17, 15) is 18.8 Å². The van der Waals surface area contributed by atoms with Gasteiger partial charge < -0.3 is 9.64 Å². The fraction of sp³-hybridized carbons (Fsp3) is 0.318. The van der Waals surface area contributed by atoms with Crippen LogP contribution < -0.4 is 4.74 Å². The van der Waals surface area contributed by atoms with Crippen LogP contribution in [0.4, 0.5) is 4.39 Å².